The van der Waals surface area contributed by atoms with Crippen molar-refractivity contribution in [2.24, 2.45) is 0 Å². The van der Waals surface area contributed by atoms with E-state index in [0.29, 0.717) is 0 Å². The molecular weight excluding hydrogens is 216 g/mol. The fraction of sp³-hybridized carbons (Fsp3) is 0.556. The summed E-state index contributed by atoms with van der Waals surface area (Å²) in [6.07, 6.45) is 3.80. The molecule has 0 unspecified atom stereocenters. The minimum Gasteiger partial charge on any atom is -0.0654 e. The summed E-state index contributed by atoms with van der Waals surface area (Å²) in [5.74, 6) is 0. The zero-order valence-corrected chi connectivity index (χ0v) is 12.9. The van der Waals surface area contributed by atoms with E-state index in [4.69, 9.17) is 0 Å². The van der Waals surface area contributed by atoms with Gasteiger partial charge in [0.2, 0.25) is 0 Å². The van der Waals surface area contributed by atoms with Crippen LogP contribution in [0, 0.1) is 0 Å². The third kappa shape index (κ3) is 2.68. The molecule has 0 bridgehead atoms. The highest BCUT2D eigenvalue weighted by Gasteiger charge is 2.34. The van der Waals surface area contributed by atoms with Crippen molar-refractivity contribution in [2.45, 2.75) is 66.2 Å². The zero-order chi connectivity index (χ0) is 13.8. The van der Waals surface area contributed by atoms with Gasteiger partial charge >= 0.3 is 0 Å². The lowest BCUT2D eigenvalue weighted by molar-refractivity contribution is 0.617. The van der Waals surface area contributed by atoms with Gasteiger partial charge in [-0.15, -0.1) is 0 Å². The predicted molar refractivity (Wildman–Crippen MR) is 82.9 cm³/mol. The van der Waals surface area contributed by atoms with E-state index in [0.717, 1.165) is 6.42 Å². The van der Waals surface area contributed by atoms with Gasteiger partial charge in [-0.05, 0) is 30.0 Å². The van der Waals surface area contributed by atoms with Crippen LogP contribution in [0.3, 0.4) is 0 Å². The fourth-order valence-electron chi connectivity index (χ4n) is 2.86. The molecule has 1 aromatic carbocycles. The van der Waals surface area contributed by atoms with Gasteiger partial charge in [0.15, 0.2) is 0 Å². The van der Waals surface area contributed by atoms with Crippen molar-refractivity contribution in [1.29, 1.82) is 0 Å². The number of allylic oxidation sites excluding steroid dienone is 2. The Morgan fingerprint density at radius 3 is 1.94 bits per heavy atom. The highest BCUT2D eigenvalue weighted by molar-refractivity contribution is 5.78. The Balaban J connectivity index is 0.000000357. The van der Waals surface area contributed by atoms with Gasteiger partial charge in [-0.3, -0.25) is 0 Å². The zero-order valence-electron chi connectivity index (χ0n) is 12.9. The lowest BCUT2D eigenvalue weighted by Crippen LogP contribution is -2.16. The first kappa shape index (κ1) is 15.0. The van der Waals surface area contributed by atoms with Gasteiger partial charge in [0.1, 0.15) is 0 Å². The van der Waals surface area contributed by atoms with Crippen LogP contribution in [0.4, 0.5) is 0 Å². The molecule has 0 fully saturated rings. The quantitative estimate of drug-likeness (QED) is 0.601. The lowest BCUT2D eigenvalue weighted by Gasteiger charge is -2.23. The average molecular weight is 244 g/mol. The van der Waals surface area contributed by atoms with Crippen LogP contribution >= 0.6 is 0 Å². The predicted octanol–water partition coefficient (Wildman–Crippen LogP) is 5.97. The number of unbranched alkanes of at least 4 members (excludes halogenated alkanes) is 1. The van der Waals surface area contributed by atoms with Gasteiger partial charge in [-0.25, -0.2) is 0 Å². The normalized spacial score (nSPS) is 16.1. The van der Waals surface area contributed by atoms with Crippen molar-refractivity contribution in [3.05, 3.63) is 41.0 Å². The van der Waals surface area contributed by atoms with E-state index in [1.165, 1.54) is 29.5 Å². The largest absolute Gasteiger partial charge is 0.0654 e. The monoisotopic (exact) mass is 244 g/mol. The molecule has 18 heavy (non-hydrogen) atoms. The van der Waals surface area contributed by atoms with Crippen LogP contribution < -0.4 is 0 Å². The van der Waals surface area contributed by atoms with E-state index in [-0.39, 0.29) is 5.41 Å². The first-order chi connectivity index (χ1) is 8.50. The molecule has 1 aromatic rings. The second-order valence-electron chi connectivity index (χ2n) is 5.63. The maximum absolute atomic E-state index is 2.33. The van der Waals surface area contributed by atoms with Crippen molar-refractivity contribution in [3.63, 3.8) is 0 Å². The molecule has 0 saturated heterocycles. The molecule has 0 spiro atoms. The molecule has 1 aliphatic rings. The molecule has 0 heterocycles. The number of fused-ring (bicyclic) bond motifs is 1. The third-order valence-corrected chi connectivity index (χ3v) is 4.07. The Morgan fingerprint density at radius 2 is 1.50 bits per heavy atom. The minimum absolute atomic E-state index is 0.245. The van der Waals surface area contributed by atoms with Gasteiger partial charge in [-0.2, -0.15) is 0 Å². The molecule has 0 atom stereocenters. The molecule has 0 heteroatoms. The molecular formula is C18H28. The highest BCUT2D eigenvalue weighted by Crippen LogP contribution is 2.46. The van der Waals surface area contributed by atoms with Gasteiger partial charge in [0.05, 0.1) is 0 Å². The molecule has 0 saturated carbocycles. The summed E-state index contributed by atoms with van der Waals surface area (Å²) in [5.41, 5.74) is 6.28. The summed E-state index contributed by atoms with van der Waals surface area (Å²) in [4.78, 5) is 0. The van der Waals surface area contributed by atoms with Crippen molar-refractivity contribution < 1.29 is 0 Å². The molecule has 0 nitrogen and oxygen atoms in total. The minimum atomic E-state index is 0.245. The molecule has 0 amide bonds. The maximum atomic E-state index is 2.33. The number of hydrogen-bond acceptors (Lipinski definition) is 0. The Kier molecular flexibility index (Phi) is 5.19. The number of hydrogen-bond donors (Lipinski definition) is 0. The summed E-state index contributed by atoms with van der Waals surface area (Å²) in [5, 5.41) is 0. The van der Waals surface area contributed by atoms with Crippen LogP contribution in [0.25, 0.3) is 5.57 Å². The lowest BCUT2D eigenvalue weighted by atomic mass is 9.80. The van der Waals surface area contributed by atoms with Crippen molar-refractivity contribution in [2.75, 3.05) is 0 Å². The van der Waals surface area contributed by atoms with Gasteiger partial charge in [-0.1, -0.05) is 77.3 Å². The summed E-state index contributed by atoms with van der Waals surface area (Å²) < 4.78 is 0. The number of rotatable bonds is 2. The van der Waals surface area contributed by atoms with Crippen molar-refractivity contribution in [3.8, 4) is 0 Å². The van der Waals surface area contributed by atoms with E-state index in [9.17, 15) is 0 Å². The van der Waals surface area contributed by atoms with Crippen LogP contribution in [-0.2, 0) is 5.41 Å². The molecule has 1 aliphatic carbocycles. The van der Waals surface area contributed by atoms with E-state index >= 15 is 0 Å². The van der Waals surface area contributed by atoms with Gasteiger partial charge in [0, 0.05) is 5.41 Å². The highest BCUT2D eigenvalue weighted by atomic mass is 14.4. The molecule has 0 radical (unpaired) electrons. The van der Waals surface area contributed by atoms with Crippen LogP contribution in [0.2, 0.25) is 0 Å². The maximum Gasteiger partial charge on any atom is 0.0117 e. The fourth-order valence-corrected chi connectivity index (χ4v) is 2.86. The van der Waals surface area contributed by atoms with Gasteiger partial charge in [0.25, 0.3) is 0 Å². The van der Waals surface area contributed by atoms with Gasteiger partial charge < -0.3 is 0 Å². The Labute approximate surface area is 113 Å². The van der Waals surface area contributed by atoms with E-state index < -0.39 is 0 Å². The van der Waals surface area contributed by atoms with Crippen LogP contribution in [0.5, 0.6) is 0 Å². The van der Waals surface area contributed by atoms with E-state index in [2.05, 4.69) is 65.8 Å². The standard InChI is InChI=1S/C14H18.C4H10/c1-5-12-10(2)11-8-6-7-9-13(11)14(12,3)4;1-3-4-2/h6-9H,5H2,1-4H3;3-4H2,1-2H3. The molecule has 0 aromatic heterocycles. The SMILES string of the molecule is CCC1=C(C)c2ccccc2C1(C)C.CCCC. The topological polar surface area (TPSA) is 0 Å². The van der Waals surface area contributed by atoms with Crippen molar-refractivity contribution >= 4 is 5.57 Å². The molecule has 2 rings (SSSR count). The second kappa shape index (κ2) is 6.22. The molecule has 0 aliphatic heterocycles. The van der Waals surface area contributed by atoms with Crippen molar-refractivity contribution in [1.82, 2.24) is 0 Å². The Morgan fingerprint density at radius 1 is 0.944 bits per heavy atom. The Hall–Kier alpha value is -1.04. The van der Waals surface area contributed by atoms with Crippen LogP contribution in [0.15, 0.2) is 29.8 Å². The Bertz CT molecular complexity index is 419. The molecule has 0 N–H and O–H groups in total. The first-order valence-corrected chi connectivity index (χ1v) is 7.30. The van der Waals surface area contributed by atoms with E-state index in [1.54, 1.807) is 5.57 Å². The third-order valence-electron chi connectivity index (χ3n) is 4.07. The summed E-state index contributed by atoms with van der Waals surface area (Å²) in [6, 6.07) is 8.79. The molecule has 100 valence electrons. The number of benzene rings is 1. The van der Waals surface area contributed by atoms with Crippen LogP contribution in [0.1, 0.15) is 71.9 Å². The average Bonchev–Trinajstić information content (AvgIpc) is 2.58. The van der Waals surface area contributed by atoms with E-state index in [1.807, 2.05) is 0 Å². The van der Waals surface area contributed by atoms with Crippen LogP contribution in [-0.4, -0.2) is 0 Å². The summed E-state index contributed by atoms with van der Waals surface area (Å²) in [6.45, 7) is 13.5. The summed E-state index contributed by atoms with van der Waals surface area (Å²) in [7, 11) is 0. The summed E-state index contributed by atoms with van der Waals surface area (Å²) >= 11 is 0. The first-order valence-electron chi connectivity index (χ1n) is 7.30. The smallest absolute Gasteiger partial charge is 0.0117 e. The second-order valence-corrected chi connectivity index (χ2v) is 5.63.